The van der Waals surface area contributed by atoms with Crippen LogP contribution in [0.3, 0.4) is 0 Å². The first-order chi connectivity index (χ1) is 13.2. The van der Waals surface area contributed by atoms with E-state index in [4.69, 9.17) is 16.7 Å². The molecule has 148 valence electrons. The lowest BCUT2D eigenvalue weighted by atomic mass is 9.96. The van der Waals surface area contributed by atoms with E-state index < -0.39 is 22.2 Å². The van der Waals surface area contributed by atoms with Crippen LogP contribution in [0.1, 0.15) is 46.4 Å². The highest BCUT2D eigenvalue weighted by Crippen LogP contribution is 2.39. The second-order valence-corrected chi connectivity index (χ2v) is 8.73. The molecular formula is C20H21ClN2O4S. The standard InChI is InChI=1S/C20H21ClN2O4S/c1-3-15-11-22-28(26,27)23(12-14-5-7-16(8-6-14)20(24)25)19(15)17-9-4-13(2)10-18(17)21/h4-11,19,22H,3,12H2,1-2H3,(H,24,25). The van der Waals surface area contributed by atoms with Crippen LogP contribution in [0.15, 0.2) is 54.2 Å². The number of rotatable bonds is 5. The van der Waals surface area contributed by atoms with Gasteiger partial charge in [0.2, 0.25) is 0 Å². The van der Waals surface area contributed by atoms with Crippen molar-refractivity contribution < 1.29 is 18.3 Å². The molecule has 2 N–H and O–H groups in total. The van der Waals surface area contributed by atoms with E-state index in [0.29, 0.717) is 22.6 Å². The third-order valence-corrected chi connectivity index (χ3v) is 6.44. The number of benzene rings is 2. The Hall–Kier alpha value is -2.35. The number of nitrogens with one attached hydrogen (secondary N) is 1. The van der Waals surface area contributed by atoms with Gasteiger partial charge in [0, 0.05) is 17.8 Å². The molecular weight excluding hydrogens is 400 g/mol. The molecule has 0 bridgehead atoms. The fourth-order valence-corrected chi connectivity index (χ4v) is 4.85. The third-order valence-electron chi connectivity index (χ3n) is 4.74. The van der Waals surface area contributed by atoms with Crippen LogP contribution in [0.25, 0.3) is 0 Å². The fourth-order valence-electron chi connectivity index (χ4n) is 3.23. The minimum Gasteiger partial charge on any atom is -0.478 e. The Balaban J connectivity index is 2.05. The van der Waals surface area contributed by atoms with Gasteiger partial charge in [0.15, 0.2) is 0 Å². The third kappa shape index (κ3) is 4.06. The van der Waals surface area contributed by atoms with E-state index in [2.05, 4.69) is 4.72 Å². The molecule has 0 saturated carbocycles. The molecule has 0 amide bonds. The summed E-state index contributed by atoms with van der Waals surface area (Å²) in [6.45, 7) is 3.97. The van der Waals surface area contributed by atoms with Crippen molar-refractivity contribution in [1.29, 1.82) is 0 Å². The van der Waals surface area contributed by atoms with Crippen LogP contribution in [-0.2, 0) is 16.8 Å². The lowest BCUT2D eigenvalue weighted by molar-refractivity contribution is 0.0697. The van der Waals surface area contributed by atoms with Crippen LogP contribution in [0.2, 0.25) is 5.02 Å². The number of aromatic carboxylic acids is 1. The minimum atomic E-state index is -3.78. The highest BCUT2D eigenvalue weighted by Gasteiger charge is 2.37. The monoisotopic (exact) mass is 420 g/mol. The Bertz CT molecular complexity index is 1030. The molecule has 1 atom stereocenters. The van der Waals surface area contributed by atoms with Crippen LogP contribution >= 0.6 is 11.6 Å². The molecule has 2 aromatic rings. The highest BCUT2D eigenvalue weighted by atomic mass is 35.5. The first kappa shape index (κ1) is 20.4. The molecule has 0 spiro atoms. The van der Waals surface area contributed by atoms with E-state index in [1.807, 2.05) is 32.0 Å². The van der Waals surface area contributed by atoms with E-state index in [0.717, 1.165) is 11.1 Å². The van der Waals surface area contributed by atoms with E-state index >= 15 is 0 Å². The number of aryl methyl sites for hydroxylation is 1. The van der Waals surface area contributed by atoms with Crippen LogP contribution in [-0.4, -0.2) is 23.8 Å². The van der Waals surface area contributed by atoms with Crippen molar-refractivity contribution in [3.8, 4) is 0 Å². The molecule has 1 aliphatic heterocycles. The highest BCUT2D eigenvalue weighted by molar-refractivity contribution is 7.87. The van der Waals surface area contributed by atoms with Crippen molar-refractivity contribution in [2.45, 2.75) is 32.9 Å². The second-order valence-electron chi connectivity index (χ2n) is 6.67. The summed E-state index contributed by atoms with van der Waals surface area (Å²) in [7, 11) is -3.78. The van der Waals surface area contributed by atoms with Gasteiger partial charge in [0.05, 0.1) is 11.6 Å². The van der Waals surface area contributed by atoms with Crippen molar-refractivity contribution in [2.24, 2.45) is 0 Å². The van der Waals surface area contributed by atoms with Crippen molar-refractivity contribution in [2.75, 3.05) is 0 Å². The van der Waals surface area contributed by atoms with Gasteiger partial charge in [0.25, 0.3) is 0 Å². The zero-order valence-corrected chi connectivity index (χ0v) is 17.1. The summed E-state index contributed by atoms with van der Waals surface area (Å²) in [4.78, 5) is 11.1. The zero-order chi connectivity index (χ0) is 20.5. The number of nitrogens with zero attached hydrogens (tertiary/aromatic N) is 1. The van der Waals surface area contributed by atoms with Gasteiger partial charge >= 0.3 is 16.2 Å². The maximum absolute atomic E-state index is 12.8. The maximum atomic E-state index is 12.8. The Kier molecular flexibility index (Phi) is 5.79. The molecule has 0 saturated heterocycles. The van der Waals surface area contributed by atoms with Gasteiger partial charge in [-0.2, -0.15) is 12.7 Å². The molecule has 1 heterocycles. The summed E-state index contributed by atoms with van der Waals surface area (Å²) in [6, 6.07) is 11.2. The predicted molar refractivity (Wildman–Crippen MR) is 108 cm³/mol. The molecule has 6 nitrogen and oxygen atoms in total. The largest absolute Gasteiger partial charge is 0.478 e. The van der Waals surface area contributed by atoms with Gasteiger partial charge in [-0.15, -0.1) is 0 Å². The summed E-state index contributed by atoms with van der Waals surface area (Å²) in [5.41, 5.74) is 3.43. The zero-order valence-electron chi connectivity index (χ0n) is 15.5. The number of carboxylic acid groups (broad SMARTS) is 1. The van der Waals surface area contributed by atoms with E-state index in [1.165, 1.54) is 22.6 Å². The van der Waals surface area contributed by atoms with Gasteiger partial charge in [-0.1, -0.05) is 42.8 Å². The van der Waals surface area contributed by atoms with Crippen LogP contribution < -0.4 is 4.72 Å². The van der Waals surface area contributed by atoms with Crippen molar-refractivity contribution >= 4 is 27.8 Å². The Morgan fingerprint density at radius 3 is 2.46 bits per heavy atom. The number of halogens is 1. The van der Waals surface area contributed by atoms with Crippen molar-refractivity contribution in [3.05, 3.63) is 81.5 Å². The molecule has 1 unspecified atom stereocenters. The summed E-state index contributed by atoms with van der Waals surface area (Å²) < 4.78 is 29.5. The lowest BCUT2D eigenvalue weighted by Crippen LogP contribution is -2.45. The number of hydrogen-bond donors (Lipinski definition) is 2. The second kappa shape index (κ2) is 7.95. The molecule has 0 aliphatic carbocycles. The van der Waals surface area contributed by atoms with E-state index in [1.54, 1.807) is 12.1 Å². The maximum Gasteiger partial charge on any atom is 0.335 e. The number of hydrogen-bond acceptors (Lipinski definition) is 3. The van der Waals surface area contributed by atoms with Crippen LogP contribution in [0.4, 0.5) is 0 Å². The van der Waals surface area contributed by atoms with Gasteiger partial charge in [0.1, 0.15) is 0 Å². The minimum absolute atomic E-state index is 0.0848. The molecule has 3 rings (SSSR count). The first-order valence-electron chi connectivity index (χ1n) is 8.79. The summed E-state index contributed by atoms with van der Waals surface area (Å²) >= 11 is 6.47. The molecule has 0 radical (unpaired) electrons. The van der Waals surface area contributed by atoms with Gasteiger partial charge in [-0.25, -0.2) is 4.79 Å². The molecule has 0 aromatic heterocycles. The van der Waals surface area contributed by atoms with Crippen LogP contribution in [0.5, 0.6) is 0 Å². The molecule has 8 heteroatoms. The predicted octanol–water partition coefficient (Wildman–Crippen LogP) is 4.03. The SMILES string of the molecule is CCC1=CNS(=O)(=O)N(Cc2ccc(C(=O)O)cc2)C1c1ccc(C)cc1Cl. The quantitative estimate of drug-likeness (QED) is 0.764. The number of carbonyl (C=O) groups is 1. The van der Waals surface area contributed by atoms with Gasteiger partial charge in [-0.3, -0.25) is 4.72 Å². The topological polar surface area (TPSA) is 86.7 Å². The Morgan fingerprint density at radius 2 is 1.89 bits per heavy atom. The summed E-state index contributed by atoms with van der Waals surface area (Å²) in [6.07, 6.45) is 2.17. The number of carboxylic acids is 1. The van der Waals surface area contributed by atoms with Gasteiger partial charge in [-0.05, 0) is 53.8 Å². The summed E-state index contributed by atoms with van der Waals surface area (Å²) in [5, 5.41) is 9.56. The van der Waals surface area contributed by atoms with Crippen molar-refractivity contribution in [3.63, 3.8) is 0 Å². The van der Waals surface area contributed by atoms with Gasteiger partial charge < -0.3 is 5.11 Å². The van der Waals surface area contributed by atoms with E-state index in [-0.39, 0.29) is 12.1 Å². The molecule has 0 fully saturated rings. The molecule has 1 aliphatic rings. The first-order valence-corrected chi connectivity index (χ1v) is 10.6. The smallest absolute Gasteiger partial charge is 0.335 e. The average molecular weight is 421 g/mol. The lowest BCUT2D eigenvalue weighted by Gasteiger charge is -2.36. The van der Waals surface area contributed by atoms with Crippen LogP contribution in [0, 0.1) is 6.92 Å². The summed E-state index contributed by atoms with van der Waals surface area (Å²) in [5.74, 6) is -1.03. The molecule has 2 aromatic carbocycles. The average Bonchev–Trinajstić information content (AvgIpc) is 2.64. The Morgan fingerprint density at radius 1 is 1.21 bits per heavy atom. The molecule has 28 heavy (non-hydrogen) atoms. The van der Waals surface area contributed by atoms with E-state index in [9.17, 15) is 13.2 Å². The normalized spacial score (nSPS) is 19.0. The van der Waals surface area contributed by atoms with Crippen molar-refractivity contribution in [1.82, 2.24) is 9.03 Å². The fraction of sp³-hybridized carbons (Fsp3) is 0.250. The Labute approximate surface area is 169 Å².